The van der Waals surface area contributed by atoms with Crippen molar-refractivity contribution in [2.75, 3.05) is 0 Å². The molecule has 0 aromatic heterocycles. The minimum absolute atomic E-state index is 0.465. The molecule has 0 bridgehead atoms. The van der Waals surface area contributed by atoms with Crippen LogP contribution >= 0.6 is 0 Å². The Bertz CT molecular complexity index is 257. The Morgan fingerprint density at radius 1 is 0.923 bits per heavy atom. The van der Waals surface area contributed by atoms with Crippen LogP contribution in [0.25, 0.3) is 0 Å². The van der Waals surface area contributed by atoms with Gasteiger partial charge in [-0.15, -0.1) is 0 Å². The van der Waals surface area contributed by atoms with Crippen molar-refractivity contribution in [1.82, 2.24) is 0 Å². The summed E-state index contributed by atoms with van der Waals surface area (Å²) in [5.74, 6) is 0. The summed E-state index contributed by atoms with van der Waals surface area (Å²) < 4.78 is 31.2. The summed E-state index contributed by atoms with van der Waals surface area (Å²) in [7, 11) is -7.52. The van der Waals surface area contributed by atoms with E-state index in [9.17, 15) is 13.0 Å². The average molecular weight is 240 g/mol. The topological polar surface area (TPSA) is 54.4 Å². The monoisotopic (exact) mass is 240 g/mol. The van der Waals surface area contributed by atoms with Crippen molar-refractivity contribution in [3.8, 4) is 0 Å². The first kappa shape index (κ1) is 13.3. The van der Waals surface area contributed by atoms with E-state index in [1.165, 1.54) is 0 Å². The van der Waals surface area contributed by atoms with Gasteiger partial charge in [-0.05, 0) is 0 Å². The van der Waals surface area contributed by atoms with Crippen LogP contribution in [0.2, 0.25) is 39.3 Å². The smallest absolute Gasteiger partial charge is 0.262 e. The van der Waals surface area contributed by atoms with Gasteiger partial charge in [-0.2, -0.15) is 8.42 Å². The number of hydrogen-bond acceptors (Lipinski definition) is 2. The third-order valence-corrected chi connectivity index (χ3v) is 16.8. The first-order chi connectivity index (χ1) is 5.37. The highest BCUT2D eigenvalue weighted by atomic mass is 32.2. The van der Waals surface area contributed by atoms with Crippen molar-refractivity contribution in [2.45, 2.75) is 43.8 Å². The first-order valence-electron chi connectivity index (χ1n) is 4.33. The SMILES string of the molecule is C[Si](C)(C)C([Si](C)(C)C)S(=O)(=O)O. The second-order valence-electron chi connectivity index (χ2n) is 5.63. The summed E-state index contributed by atoms with van der Waals surface area (Å²) >= 11 is 0. The van der Waals surface area contributed by atoms with Gasteiger partial charge in [-0.25, -0.2) is 0 Å². The normalized spacial score (nSPS) is 15.1. The summed E-state index contributed by atoms with van der Waals surface area (Å²) in [6.45, 7) is 11.9. The molecule has 1 N–H and O–H groups in total. The Kier molecular flexibility index (Phi) is 3.58. The Morgan fingerprint density at radius 3 is 1.15 bits per heavy atom. The lowest BCUT2D eigenvalue weighted by molar-refractivity contribution is 0.484. The quantitative estimate of drug-likeness (QED) is 0.606. The highest BCUT2D eigenvalue weighted by Gasteiger charge is 2.45. The highest BCUT2D eigenvalue weighted by Crippen LogP contribution is 2.25. The predicted octanol–water partition coefficient (Wildman–Crippen LogP) is 2.00. The molecule has 0 aliphatic carbocycles. The Hall–Kier alpha value is 0.344. The Morgan fingerprint density at radius 2 is 1.15 bits per heavy atom. The van der Waals surface area contributed by atoms with Crippen molar-refractivity contribution in [3.63, 3.8) is 0 Å². The molecule has 3 nitrogen and oxygen atoms in total. The molecule has 0 fully saturated rings. The van der Waals surface area contributed by atoms with Crippen LogP contribution in [0.1, 0.15) is 0 Å². The summed E-state index contributed by atoms with van der Waals surface area (Å²) in [6.07, 6.45) is 0. The van der Waals surface area contributed by atoms with Crippen LogP contribution in [0.5, 0.6) is 0 Å². The molecule has 0 radical (unpaired) electrons. The van der Waals surface area contributed by atoms with Gasteiger partial charge in [-0.1, -0.05) is 39.3 Å². The van der Waals surface area contributed by atoms with Crippen LogP contribution in [0.15, 0.2) is 0 Å². The van der Waals surface area contributed by atoms with Gasteiger partial charge >= 0.3 is 0 Å². The molecular formula is C7H20O3SSi2. The van der Waals surface area contributed by atoms with Gasteiger partial charge in [0.25, 0.3) is 10.1 Å². The molecular weight excluding hydrogens is 220 g/mol. The standard InChI is InChI=1S/C7H20O3SSi2/c1-12(2,3)7(11(8,9)10)13(4,5)6/h7H,1-6H3,(H,8,9,10). The fraction of sp³-hybridized carbons (Fsp3) is 1.00. The second kappa shape index (κ2) is 3.49. The summed E-state index contributed by atoms with van der Waals surface area (Å²) in [5.41, 5.74) is 0. The predicted molar refractivity (Wildman–Crippen MR) is 62.0 cm³/mol. The van der Waals surface area contributed by atoms with Crippen molar-refractivity contribution < 1.29 is 13.0 Å². The molecule has 0 spiro atoms. The van der Waals surface area contributed by atoms with E-state index in [2.05, 4.69) is 0 Å². The molecule has 0 atom stereocenters. The average Bonchev–Trinajstić information content (AvgIpc) is 1.44. The molecule has 0 aliphatic rings. The summed E-state index contributed by atoms with van der Waals surface area (Å²) in [5, 5.41) is 0. The minimum atomic E-state index is -3.86. The lowest BCUT2D eigenvalue weighted by Gasteiger charge is -2.35. The van der Waals surface area contributed by atoms with Crippen molar-refractivity contribution in [1.29, 1.82) is 0 Å². The molecule has 0 aliphatic heterocycles. The second-order valence-corrected chi connectivity index (χ2v) is 19.2. The highest BCUT2D eigenvalue weighted by molar-refractivity contribution is 7.90. The van der Waals surface area contributed by atoms with Crippen molar-refractivity contribution >= 4 is 26.3 Å². The Labute approximate surface area is 83.3 Å². The zero-order valence-electron chi connectivity index (χ0n) is 9.25. The van der Waals surface area contributed by atoms with Gasteiger partial charge in [-0.3, -0.25) is 4.55 Å². The number of hydrogen-bond donors (Lipinski definition) is 1. The van der Waals surface area contributed by atoms with E-state index in [4.69, 9.17) is 0 Å². The van der Waals surface area contributed by atoms with Gasteiger partial charge in [0.15, 0.2) is 0 Å². The van der Waals surface area contributed by atoms with Crippen LogP contribution in [0, 0.1) is 0 Å². The maximum Gasteiger partial charge on any atom is 0.262 e. The summed E-state index contributed by atoms with van der Waals surface area (Å²) in [6, 6.07) is 0. The largest absolute Gasteiger partial charge is 0.286 e. The van der Waals surface area contributed by atoms with Crippen molar-refractivity contribution in [3.05, 3.63) is 0 Å². The number of rotatable bonds is 3. The maximum absolute atomic E-state index is 11.2. The van der Waals surface area contributed by atoms with E-state index >= 15 is 0 Å². The molecule has 0 aromatic rings. The van der Waals surface area contributed by atoms with Crippen LogP contribution < -0.4 is 0 Å². The minimum Gasteiger partial charge on any atom is -0.286 e. The van der Waals surface area contributed by atoms with E-state index in [0.29, 0.717) is 0 Å². The van der Waals surface area contributed by atoms with Crippen LogP contribution in [-0.2, 0) is 10.1 Å². The molecule has 0 saturated carbocycles. The fourth-order valence-electron chi connectivity index (χ4n) is 2.19. The van der Waals surface area contributed by atoms with E-state index in [1.807, 2.05) is 39.3 Å². The lowest BCUT2D eigenvalue weighted by atomic mass is 11.7. The molecule has 0 rings (SSSR count). The van der Waals surface area contributed by atoms with Crippen LogP contribution in [-0.4, -0.2) is 33.6 Å². The van der Waals surface area contributed by atoms with E-state index < -0.39 is 30.8 Å². The Balaban J connectivity index is 5.28. The van der Waals surface area contributed by atoms with E-state index in [1.54, 1.807) is 0 Å². The molecule has 0 heterocycles. The molecule has 80 valence electrons. The van der Waals surface area contributed by atoms with Gasteiger partial charge < -0.3 is 0 Å². The summed E-state index contributed by atoms with van der Waals surface area (Å²) in [4.78, 5) is 0. The molecule has 0 aromatic carbocycles. The first-order valence-corrected chi connectivity index (χ1v) is 13.0. The van der Waals surface area contributed by atoms with Crippen LogP contribution in [0.3, 0.4) is 0 Å². The third-order valence-electron chi connectivity index (χ3n) is 1.87. The maximum atomic E-state index is 11.2. The molecule has 6 heteroatoms. The van der Waals surface area contributed by atoms with Crippen LogP contribution in [0.4, 0.5) is 0 Å². The van der Waals surface area contributed by atoms with E-state index in [0.717, 1.165) is 0 Å². The van der Waals surface area contributed by atoms with E-state index in [-0.39, 0.29) is 0 Å². The van der Waals surface area contributed by atoms with Gasteiger partial charge in [0.05, 0.1) is 20.6 Å². The van der Waals surface area contributed by atoms with Gasteiger partial charge in [0.2, 0.25) is 0 Å². The van der Waals surface area contributed by atoms with Gasteiger partial charge in [0.1, 0.15) is 0 Å². The zero-order chi connectivity index (χ0) is 11.1. The molecule has 0 unspecified atom stereocenters. The molecule has 13 heavy (non-hydrogen) atoms. The lowest BCUT2D eigenvalue weighted by Crippen LogP contribution is -2.58. The van der Waals surface area contributed by atoms with Crippen molar-refractivity contribution in [2.24, 2.45) is 0 Å². The zero-order valence-corrected chi connectivity index (χ0v) is 12.1. The third kappa shape index (κ3) is 3.92. The fourth-order valence-corrected chi connectivity index (χ4v) is 19.7. The molecule has 0 amide bonds. The molecule has 0 saturated heterocycles. The van der Waals surface area contributed by atoms with Gasteiger partial charge in [0, 0.05) is 0 Å².